The number of carbonyl (C=O) groups is 1. The Balaban J connectivity index is 2.49. The molecule has 0 fully saturated rings. The number of rotatable bonds is 2. The van der Waals surface area contributed by atoms with Crippen LogP contribution in [0.2, 0.25) is 0 Å². The quantitative estimate of drug-likeness (QED) is 0.897. The fourth-order valence-corrected chi connectivity index (χ4v) is 2.68. The predicted octanol–water partition coefficient (Wildman–Crippen LogP) is 3.78. The first kappa shape index (κ1) is 13.0. The van der Waals surface area contributed by atoms with Crippen LogP contribution in [0.1, 0.15) is 44.2 Å². The maximum Gasteiger partial charge on any atom is 0.310 e. The fourth-order valence-electron chi connectivity index (χ4n) is 1.68. The molecule has 1 heterocycles. The number of hydrogen-bond acceptors (Lipinski definition) is 3. The van der Waals surface area contributed by atoms with E-state index < -0.39 is 11.9 Å². The summed E-state index contributed by atoms with van der Waals surface area (Å²) < 4.78 is 1.11. The first-order valence-corrected chi connectivity index (χ1v) is 6.74. The van der Waals surface area contributed by atoms with Crippen molar-refractivity contribution in [2.24, 2.45) is 0 Å². The summed E-state index contributed by atoms with van der Waals surface area (Å²) in [5, 5.41) is 10.1. The molecule has 0 aliphatic carbocycles. The summed E-state index contributed by atoms with van der Waals surface area (Å²) in [6, 6.07) is 5.74. The van der Waals surface area contributed by atoms with Crippen molar-refractivity contribution in [3.63, 3.8) is 0 Å². The summed E-state index contributed by atoms with van der Waals surface area (Å²) in [5.41, 5.74) is 1.73. The molecule has 1 unspecified atom stereocenters. The first-order chi connectivity index (χ1) is 8.29. The fraction of sp³-hybridized carbons (Fsp3) is 0.429. The van der Waals surface area contributed by atoms with Gasteiger partial charge in [0.1, 0.15) is 0 Å². The van der Waals surface area contributed by atoms with Gasteiger partial charge < -0.3 is 5.11 Å². The van der Waals surface area contributed by atoms with Crippen molar-refractivity contribution < 1.29 is 9.90 Å². The van der Waals surface area contributed by atoms with Gasteiger partial charge in [-0.15, -0.1) is 11.3 Å². The zero-order valence-electron chi connectivity index (χ0n) is 11.0. The summed E-state index contributed by atoms with van der Waals surface area (Å²) in [5.74, 6) is -1.30. The van der Waals surface area contributed by atoms with Crippen LogP contribution >= 0.6 is 11.3 Å². The number of nitrogens with zero attached hydrogens (tertiary/aromatic N) is 1. The van der Waals surface area contributed by atoms with Crippen molar-refractivity contribution in [1.82, 2.24) is 4.98 Å². The van der Waals surface area contributed by atoms with Crippen molar-refractivity contribution >= 4 is 27.5 Å². The number of aromatic nitrogens is 1. The molecule has 0 saturated heterocycles. The van der Waals surface area contributed by atoms with Crippen LogP contribution in [0, 0.1) is 0 Å². The molecule has 1 N–H and O–H groups in total. The largest absolute Gasteiger partial charge is 0.481 e. The third-order valence-electron chi connectivity index (χ3n) is 2.92. The van der Waals surface area contributed by atoms with Crippen LogP contribution in [0.5, 0.6) is 0 Å². The normalized spacial score (nSPS) is 13.8. The van der Waals surface area contributed by atoms with Gasteiger partial charge in [-0.1, -0.05) is 26.8 Å². The third-order valence-corrected chi connectivity index (χ3v) is 4.39. The maximum absolute atomic E-state index is 11.0. The van der Waals surface area contributed by atoms with Crippen LogP contribution in [0.4, 0.5) is 0 Å². The van der Waals surface area contributed by atoms with E-state index in [4.69, 9.17) is 5.11 Å². The van der Waals surface area contributed by atoms with Crippen molar-refractivity contribution in [2.75, 3.05) is 0 Å². The Morgan fingerprint density at radius 3 is 2.61 bits per heavy atom. The zero-order chi connectivity index (χ0) is 13.5. The highest BCUT2D eigenvalue weighted by atomic mass is 32.1. The molecule has 2 rings (SSSR count). The van der Waals surface area contributed by atoms with Gasteiger partial charge in [0, 0.05) is 5.41 Å². The Hall–Kier alpha value is -1.42. The molecule has 0 aliphatic rings. The Labute approximate surface area is 110 Å². The van der Waals surface area contributed by atoms with E-state index in [1.54, 1.807) is 18.3 Å². The van der Waals surface area contributed by atoms with Crippen molar-refractivity contribution in [1.29, 1.82) is 0 Å². The minimum atomic E-state index is -0.805. The van der Waals surface area contributed by atoms with Crippen LogP contribution in [0.15, 0.2) is 18.2 Å². The van der Waals surface area contributed by atoms with Gasteiger partial charge in [0.15, 0.2) is 0 Å². The number of thiazole rings is 1. The Morgan fingerprint density at radius 2 is 2.06 bits per heavy atom. The standard InChI is InChI=1S/C14H17NO2S/c1-8(12(16)17)9-5-6-11-10(7-9)15-13(18-11)14(2,3)4/h5-8H,1-4H3,(H,16,17). The molecule has 4 heteroatoms. The highest BCUT2D eigenvalue weighted by molar-refractivity contribution is 7.18. The number of carboxylic acids is 1. The van der Waals surface area contributed by atoms with E-state index in [1.165, 1.54) is 0 Å². The summed E-state index contributed by atoms with van der Waals surface area (Å²) in [7, 11) is 0. The summed E-state index contributed by atoms with van der Waals surface area (Å²) in [4.78, 5) is 15.6. The van der Waals surface area contributed by atoms with Gasteiger partial charge in [-0.3, -0.25) is 4.79 Å². The molecular formula is C14H17NO2S. The van der Waals surface area contributed by atoms with Crippen molar-refractivity contribution in [2.45, 2.75) is 39.0 Å². The zero-order valence-corrected chi connectivity index (χ0v) is 11.8. The van der Waals surface area contributed by atoms with Gasteiger partial charge in [-0.25, -0.2) is 4.98 Å². The average molecular weight is 263 g/mol. The molecule has 96 valence electrons. The van der Waals surface area contributed by atoms with E-state index in [0.29, 0.717) is 0 Å². The molecule has 1 aromatic carbocycles. The third kappa shape index (κ3) is 2.38. The lowest BCUT2D eigenvalue weighted by Gasteiger charge is -2.13. The molecule has 3 nitrogen and oxygen atoms in total. The van der Waals surface area contributed by atoms with Gasteiger partial charge >= 0.3 is 5.97 Å². The minimum Gasteiger partial charge on any atom is -0.481 e. The average Bonchev–Trinajstić information content (AvgIpc) is 2.69. The van der Waals surface area contributed by atoms with Crippen LogP contribution in [0.25, 0.3) is 10.2 Å². The molecule has 18 heavy (non-hydrogen) atoms. The van der Waals surface area contributed by atoms with Gasteiger partial charge in [-0.2, -0.15) is 0 Å². The molecule has 0 amide bonds. The van der Waals surface area contributed by atoms with Gasteiger partial charge in [0.05, 0.1) is 21.1 Å². The van der Waals surface area contributed by atoms with Gasteiger partial charge in [-0.05, 0) is 24.6 Å². The van der Waals surface area contributed by atoms with Crippen LogP contribution in [-0.2, 0) is 10.2 Å². The summed E-state index contributed by atoms with van der Waals surface area (Å²) in [6.45, 7) is 8.09. The van der Waals surface area contributed by atoms with Gasteiger partial charge in [0.25, 0.3) is 0 Å². The monoisotopic (exact) mass is 263 g/mol. The summed E-state index contributed by atoms with van der Waals surface area (Å²) >= 11 is 1.67. The maximum atomic E-state index is 11.0. The van der Waals surface area contributed by atoms with Crippen LogP contribution in [0.3, 0.4) is 0 Å². The van der Waals surface area contributed by atoms with E-state index in [2.05, 4.69) is 25.8 Å². The van der Waals surface area contributed by atoms with Crippen LogP contribution < -0.4 is 0 Å². The second-order valence-corrected chi connectivity index (χ2v) is 6.59. The lowest BCUT2D eigenvalue weighted by atomic mass is 9.98. The molecule has 1 atom stereocenters. The Bertz CT molecular complexity index is 595. The lowest BCUT2D eigenvalue weighted by molar-refractivity contribution is -0.138. The van der Waals surface area contributed by atoms with Crippen LogP contribution in [-0.4, -0.2) is 16.1 Å². The molecule has 2 aromatic rings. The summed E-state index contributed by atoms with van der Waals surface area (Å²) in [6.07, 6.45) is 0. The SMILES string of the molecule is CC(C(=O)O)c1ccc2sc(C(C)(C)C)nc2c1. The second-order valence-electron chi connectivity index (χ2n) is 5.56. The predicted molar refractivity (Wildman–Crippen MR) is 74.4 cm³/mol. The number of aliphatic carboxylic acids is 1. The van der Waals surface area contributed by atoms with Gasteiger partial charge in [0.2, 0.25) is 0 Å². The Kier molecular flexibility index (Phi) is 3.15. The molecule has 0 aliphatic heterocycles. The smallest absolute Gasteiger partial charge is 0.310 e. The molecule has 0 saturated carbocycles. The topological polar surface area (TPSA) is 50.2 Å². The molecule has 0 bridgehead atoms. The van der Waals surface area contributed by atoms with Crippen molar-refractivity contribution in [3.05, 3.63) is 28.8 Å². The van der Waals surface area contributed by atoms with E-state index in [9.17, 15) is 4.79 Å². The lowest BCUT2D eigenvalue weighted by Crippen LogP contribution is -2.10. The van der Waals surface area contributed by atoms with E-state index in [1.807, 2.05) is 18.2 Å². The first-order valence-electron chi connectivity index (χ1n) is 5.93. The molecule has 0 spiro atoms. The number of carboxylic acid groups (broad SMARTS) is 1. The van der Waals surface area contributed by atoms with E-state index in [-0.39, 0.29) is 5.41 Å². The van der Waals surface area contributed by atoms with E-state index in [0.717, 1.165) is 20.8 Å². The molecule has 0 radical (unpaired) electrons. The number of benzene rings is 1. The van der Waals surface area contributed by atoms with E-state index >= 15 is 0 Å². The molecule has 1 aromatic heterocycles. The highest BCUT2D eigenvalue weighted by Crippen LogP contribution is 2.32. The van der Waals surface area contributed by atoms with Crippen molar-refractivity contribution in [3.8, 4) is 0 Å². The Morgan fingerprint density at radius 1 is 1.39 bits per heavy atom. The second kappa shape index (κ2) is 4.35. The highest BCUT2D eigenvalue weighted by Gasteiger charge is 2.20. The minimum absolute atomic E-state index is 0.0300. The number of fused-ring (bicyclic) bond motifs is 1. The molecular weight excluding hydrogens is 246 g/mol. The number of hydrogen-bond donors (Lipinski definition) is 1.